The van der Waals surface area contributed by atoms with Crippen molar-refractivity contribution in [2.75, 3.05) is 58.0 Å². The fourth-order valence-electron chi connectivity index (χ4n) is 5.87. The number of non-ortho nitro benzene ring substituents is 1. The maximum absolute atomic E-state index is 13.5. The Labute approximate surface area is 393 Å². The van der Waals surface area contributed by atoms with Crippen LogP contribution in [0.1, 0.15) is 37.9 Å². The Morgan fingerprint density at radius 1 is 0.783 bits per heavy atom. The van der Waals surface area contributed by atoms with Gasteiger partial charge in [-0.2, -0.15) is 0 Å². The van der Waals surface area contributed by atoms with E-state index >= 15 is 0 Å². The van der Waals surface area contributed by atoms with E-state index in [9.17, 15) is 48.5 Å². The number of nitro benzene ring substituents is 1. The summed E-state index contributed by atoms with van der Waals surface area (Å²) >= 11 is 0. The maximum Gasteiger partial charge on any atom is 0.514 e. The van der Waals surface area contributed by atoms with Gasteiger partial charge < -0.3 is 60.7 Å². The number of anilines is 1. The molecular formula is C42H53N11O16. The van der Waals surface area contributed by atoms with Gasteiger partial charge in [-0.15, -0.1) is 5.10 Å². The number of carbonyl (C=O) groups is 8. The Kier molecular flexibility index (Phi) is 21.7. The van der Waals surface area contributed by atoms with Crippen molar-refractivity contribution in [3.63, 3.8) is 0 Å². The molecule has 0 fully saturated rings. The van der Waals surface area contributed by atoms with Gasteiger partial charge in [-0.05, 0) is 48.6 Å². The molecule has 0 bridgehead atoms. The molecule has 0 radical (unpaired) electrons. The van der Waals surface area contributed by atoms with E-state index in [1.54, 1.807) is 32.2 Å². The highest BCUT2D eigenvalue weighted by molar-refractivity contribution is 6.12. The zero-order chi connectivity index (χ0) is 50.1. The first-order chi connectivity index (χ1) is 33.1. The van der Waals surface area contributed by atoms with Gasteiger partial charge in [-0.25, -0.2) is 23.9 Å². The average molecular weight is 968 g/mol. The van der Waals surface area contributed by atoms with Gasteiger partial charge in [-0.1, -0.05) is 31.2 Å². The standard InChI is InChI=1S/C42H53N11O16/c1-27(2)36(48-41(60)67-23-21-64-18-16-51-25-30(49-50-51)24-45-40(59)66-22-20-65-19-17-52-34(54)13-14-35(52)55)38(57)47-33(4-3-15-44-39(43)58)37(56)46-29-7-5-28(6-8-29)26-68-42(61)69-32-11-9-31(10-12-32)53(62)63/h5-14,25,27,33,36H,3-4,15-24,26H2,1-2H3,(H,45,59)(H,46,56)(H,47,57)(H,48,60)(H3,43,44,58)/t33-,36?/m0/s1. The molecule has 7 N–H and O–H groups in total. The van der Waals surface area contributed by atoms with Gasteiger partial charge in [0, 0.05) is 36.5 Å². The van der Waals surface area contributed by atoms with Crippen molar-refractivity contribution in [3.8, 4) is 5.75 Å². The Hall–Kier alpha value is -8.20. The summed E-state index contributed by atoms with van der Waals surface area (Å²) in [5, 5.41) is 31.6. The molecule has 1 aliphatic rings. The monoisotopic (exact) mass is 967 g/mol. The highest BCUT2D eigenvalue weighted by Gasteiger charge is 2.29. The number of hydrogen-bond acceptors (Lipinski definition) is 18. The summed E-state index contributed by atoms with van der Waals surface area (Å²) in [5.41, 5.74) is 6.28. The van der Waals surface area contributed by atoms with Crippen LogP contribution in [0.2, 0.25) is 0 Å². The van der Waals surface area contributed by atoms with Crippen LogP contribution in [-0.4, -0.2) is 138 Å². The van der Waals surface area contributed by atoms with Crippen molar-refractivity contribution in [1.29, 1.82) is 0 Å². The number of aromatic nitrogens is 3. The zero-order valence-corrected chi connectivity index (χ0v) is 37.6. The quantitative estimate of drug-likeness (QED) is 0.0114. The van der Waals surface area contributed by atoms with Crippen LogP contribution in [0.25, 0.3) is 0 Å². The molecule has 27 heteroatoms. The normalized spacial score (nSPS) is 12.7. The summed E-state index contributed by atoms with van der Waals surface area (Å²) in [6.07, 6.45) is 1.59. The molecule has 2 aromatic carbocycles. The minimum absolute atomic E-state index is 0.00272. The van der Waals surface area contributed by atoms with E-state index < -0.39 is 70.9 Å². The molecular weight excluding hydrogens is 915 g/mol. The lowest BCUT2D eigenvalue weighted by Crippen LogP contribution is -2.54. The predicted molar refractivity (Wildman–Crippen MR) is 237 cm³/mol. The number of carbonyl (C=O) groups excluding carboxylic acids is 8. The molecule has 0 aliphatic carbocycles. The number of ether oxygens (including phenoxy) is 6. The van der Waals surface area contributed by atoms with E-state index in [-0.39, 0.29) is 96.7 Å². The number of nitro groups is 1. The number of urea groups is 1. The minimum atomic E-state index is -1.12. The first kappa shape index (κ1) is 53.4. The Bertz CT molecular complexity index is 2250. The van der Waals surface area contributed by atoms with Gasteiger partial charge in [0.1, 0.15) is 43.3 Å². The molecule has 8 amide bonds. The summed E-state index contributed by atoms with van der Waals surface area (Å²) < 4.78 is 32.6. The van der Waals surface area contributed by atoms with Crippen LogP contribution >= 0.6 is 0 Å². The van der Waals surface area contributed by atoms with Gasteiger partial charge in [0.15, 0.2) is 0 Å². The Morgan fingerprint density at radius 3 is 2.07 bits per heavy atom. The molecule has 0 saturated heterocycles. The summed E-state index contributed by atoms with van der Waals surface area (Å²) in [6.45, 7) is 3.78. The van der Waals surface area contributed by atoms with Gasteiger partial charge in [0.05, 0.1) is 57.2 Å². The fourth-order valence-corrected chi connectivity index (χ4v) is 5.87. The lowest BCUT2D eigenvalue weighted by molar-refractivity contribution is -0.384. The molecule has 1 aliphatic heterocycles. The summed E-state index contributed by atoms with van der Waals surface area (Å²) in [5.74, 6) is -2.50. The third-order valence-corrected chi connectivity index (χ3v) is 9.40. The molecule has 0 saturated carbocycles. The molecule has 1 unspecified atom stereocenters. The molecule has 2 atom stereocenters. The van der Waals surface area contributed by atoms with Crippen LogP contribution in [0.15, 0.2) is 66.9 Å². The van der Waals surface area contributed by atoms with E-state index in [4.69, 9.17) is 34.2 Å². The molecule has 2 heterocycles. The summed E-state index contributed by atoms with van der Waals surface area (Å²) in [6, 6.07) is 8.05. The van der Waals surface area contributed by atoms with Crippen LogP contribution in [0, 0.1) is 16.0 Å². The van der Waals surface area contributed by atoms with Crippen molar-refractivity contribution in [3.05, 3.63) is 88.3 Å². The molecule has 27 nitrogen and oxygen atoms in total. The number of primary amides is 1. The van der Waals surface area contributed by atoms with Crippen LogP contribution < -0.4 is 37.1 Å². The molecule has 3 aromatic rings. The summed E-state index contributed by atoms with van der Waals surface area (Å²) in [4.78, 5) is 109. The second-order valence-electron chi connectivity index (χ2n) is 14.9. The van der Waals surface area contributed by atoms with Crippen molar-refractivity contribution >= 4 is 59.4 Å². The number of amides is 8. The molecule has 1 aromatic heterocycles. The predicted octanol–water partition coefficient (Wildman–Crippen LogP) is 1.41. The number of nitrogens with two attached hydrogens (primary N) is 1. The van der Waals surface area contributed by atoms with Gasteiger partial charge in [0.2, 0.25) is 11.8 Å². The van der Waals surface area contributed by atoms with E-state index in [1.807, 2.05) is 0 Å². The number of benzene rings is 2. The smallest absolute Gasteiger partial charge is 0.447 e. The van der Waals surface area contributed by atoms with E-state index in [2.05, 4.69) is 36.9 Å². The lowest BCUT2D eigenvalue weighted by Gasteiger charge is -2.25. The highest BCUT2D eigenvalue weighted by atomic mass is 16.7. The average Bonchev–Trinajstić information content (AvgIpc) is 3.91. The molecule has 4 rings (SSSR count). The Morgan fingerprint density at radius 2 is 1.43 bits per heavy atom. The van der Waals surface area contributed by atoms with E-state index in [1.165, 1.54) is 53.2 Å². The van der Waals surface area contributed by atoms with Crippen molar-refractivity contribution in [1.82, 2.24) is 41.2 Å². The second-order valence-corrected chi connectivity index (χ2v) is 14.9. The second kappa shape index (κ2) is 28.1. The van der Waals surface area contributed by atoms with Crippen molar-refractivity contribution in [2.45, 2.75) is 58.5 Å². The number of hydrogen-bond donors (Lipinski definition) is 6. The fraction of sp³-hybridized carbons (Fsp3) is 0.429. The summed E-state index contributed by atoms with van der Waals surface area (Å²) in [7, 11) is 0. The SMILES string of the molecule is CC(C)C(NC(=O)OCCOCCn1cc(CNC(=O)OCCOCCN2C(=O)C=CC2=O)nn1)C(=O)N[C@@H](CCCNC(N)=O)C(=O)Nc1ccc(COC(=O)Oc2ccc([N+](=O)[O-])cc2)cc1. The minimum Gasteiger partial charge on any atom is -0.447 e. The van der Waals surface area contributed by atoms with Crippen molar-refractivity contribution < 1.29 is 71.7 Å². The maximum atomic E-state index is 13.5. The third kappa shape index (κ3) is 19.7. The largest absolute Gasteiger partial charge is 0.514 e. The van der Waals surface area contributed by atoms with E-state index in [0.29, 0.717) is 16.9 Å². The number of nitrogens with one attached hydrogen (secondary N) is 5. The highest BCUT2D eigenvalue weighted by Crippen LogP contribution is 2.18. The third-order valence-electron chi connectivity index (χ3n) is 9.40. The number of alkyl carbamates (subject to hydrolysis) is 2. The lowest BCUT2D eigenvalue weighted by atomic mass is 10.0. The van der Waals surface area contributed by atoms with Crippen LogP contribution in [0.5, 0.6) is 5.75 Å². The van der Waals surface area contributed by atoms with Gasteiger partial charge >= 0.3 is 24.4 Å². The first-order valence-electron chi connectivity index (χ1n) is 21.3. The zero-order valence-electron chi connectivity index (χ0n) is 37.6. The van der Waals surface area contributed by atoms with Gasteiger partial charge in [0.25, 0.3) is 17.5 Å². The van der Waals surface area contributed by atoms with Crippen LogP contribution in [0.3, 0.4) is 0 Å². The van der Waals surface area contributed by atoms with Crippen LogP contribution in [0.4, 0.5) is 30.6 Å². The van der Waals surface area contributed by atoms with E-state index in [0.717, 1.165) is 4.90 Å². The number of imide groups is 1. The molecule has 372 valence electrons. The number of nitrogens with zero attached hydrogens (tertiary/aromatic N) is 5. The topological polar surface area (TPSA) is 355 Å². The molecule has 69 heavy (non-hydrogen) atoms. The van der Waals surface area contributed by atoms with Crippen molar-refractivity contribution in [2.24, 2.45) is 11.7 Å². The Balaban J connectivity index is 1.13. The molecule has 0 spiro atoms. The van der Waals surface area contributed by atoms with Crippen LogP contribution in [-0.2, 0) is 62.6 Å². The number of rotatable bonds is 28. The first-order valence-corrected chi connectivity index (χ1v) is 21.3. The van der Waals surface area contributed by atoms with Gasteiger partial charge in [-0.3, -0.25) is 34.2 Å².